The van der Waals surface area contributed by atoms with Crippen molar-refractivity contribution in [2.24, 2.45) is 5.41 Å². The van der Waals surface area contributed by atoms with Gasteiger partial charge in [-0.25, -0.2) is 4.79 Å². The third-order valence-corrected chi connectivity index (χ3v) is 6.68. The zero-order chi connectivity index (χ0) is 25.2. The second kappa shape index (κ2) is 9.98. The molecule has 0 amide bonds. The molecule has 6 nitrogen and oxygen atoms in total. The molecule has 0 aromatic heterocycles. The molecule has 0 unspecified atom stereocenters. The van der Waals surface area contributed by atoms with E-state index < -0.39 is 11.9 Å². The maximum Gasteiger partial charge on any atom is 0.336 e. The molecule has 35 heavy (non-hydrogen) atoms. The minimum Gasteiger partial charge on any atom is -0.497 e. The maximum atomic E-state index is 13.5. The molecule has 0 radical (unpaired) electrons. The van der Waals surface area contributed by atoms with Crippen molar-refractivity contribution in [2.75, 3.05) is 20.8 Å². The van der Waals surface area contributed by atoms with Gasteiger partial charge in [0.05, 0.1) is 32.3 Å². The Balaban J connectivity index is 1.73. The lowest BCUT2D eigenvalue weighted by Crippen LogP contribution is -2.38. The molecule has 1 N–H and O–H groups in total. The lowest BCUT2D eigenvalue weighted by atomic mass is 9.68. The summed E-state index contributed by atoms with van der Waals surface area (Å²) in [5, 5.41) is 3.38. The summed E-state index contributed by atoms with van der Waals surface area (Å²) in [7, 11) is 3.17. The quantitative estimate of drug-likeness (QED) is 0.562. The highest BCUT2D eigenvalue weighted by Crippen LogP contribution is 2.49. The highest BCUT2D eigenvalue weighted by Gasteiger charge is 2.44. The Bertz CT molecular complexity index is 1190. The van der Waals surface area contributed by atoms with Crippen LogP contribution in [0.25, 0.3) is 0 Å². The van der Waals surface area contributed by atoms with E-state index in [-0.39, 0.29) is 17.8 Å². The van der Waals surface area contributed by atoms with Gasteiger partial charge in [0.15, 0.2) is 5.78 Å². The van der Waals surface area contributed by atoms with Crippen LogP contribution < -0.4 is 14.8 Å². The Morgan fingerprint density at radius 1 is 1.06 bits per heavy atom. The van der Waals surface area contributed by atoms with Crippen LogP contribution in [0.4, 0.5) is 0 Å². The molecule has 184 valence electrons. The number of methoxy groups -OCH3 is 2. The predicted molar refractivity (Wildman–Crippen MR) is 134 cm³/mol. The summed E-state index contributed by atoms with van der Waals surface area (Å²) in [6.07, 6.45) is 1.75. The van der Waals surface area contributed by atoms with Gasteiger partial charge >= 0.3 is 5.97 Å². The second-order valence-corrected chi connectivity index (χ2v) is 9.91. The molecule has 1 aliphatic carbocycles. The Hall–Kier alpha value is -3.54. The molecule has 6 heteroatoms. The topological polar surface area (TPSA) is 73.9 Å². The van der Waals surface area contributed by atoms with Gasteiger partial charge in [-0.15, -0.1) is 0 Å². The van der Waals surface area contributed by atoms with Gasteiger partial charge in [0.2, 0.25) is 0 Å². The van der Waals surface area contributed by atoms with E-state index in [4.69, 9.17) is 14.2 Å². The van der Waals surface area contributed by atoms with Crippen molar-refractivity contribution in [1.82, 2.24) is 5.32 Å². The van der Waals surface area contributed by atoms with Gasteiger partial charge in [0.1, 0.15) is 11.5 Å². The Morgan fingerprint density at radius 3 is 2.49 bits per heavy atom. The third-order valence-electron chi connectivity index (χ3n) is 6.68. The number of esters is 1. The first kappa shape index (κ1) is 24.6. The number of Topliss-reactive ketones (excluding diaryl/α,β-unsaturated/α-hetero) is 1. The number of hydrogen-bond acceptors (Lipinski definition) is 6. The molecule has 0 bridgehead atoms. The van der Waals surface area contributed by atoms with E-state index in [0.29, 0.717) is 41.2 Å². The molecule has 1 aliphatic heterocycles. The van der Waals surface area contributed by atoms with E-state index in [0.717, 1.165) is 23.2 Å². The summed E-state index contributed by atoms with van der Waals surface area (Å²) < 4.78 is 16.8. The molecule has 2 aliphatic rings. The highest BCUT2D eigenvalue weighted by atomic mass is 16.5. The van der Waals surface area contributed by atoms with Gasteiger partial charge in [-0.3, -0.25) is 4.79 Å². The van der Waals surface area contributed by atoms with Crippen LogP contribution in [-0.2, 0) is 20.7 Å². The monoisotopic (exact) mass is 475 g/mol. The number of carbonyl (C=O) groups is 2. The number of hydrogen-bond donors (Lipinski definition) is 1. The van der Waals surface area contributed by atoms with Crippen LogP contribution >= 0.6 is 0 Å². The standard InChI is InChI=1S/C29H33NO5/c1-18-25(28(32)35-14-13-19-9-7-6-8-10-19)26(21-12-11-20(33-4)15-24(21)34-5)27-22(30-18)16-29(2,3)17-23(27)31/h6-12,15,26,30H,13-14,16-17H2,1-5H3/t26-/m0/s1. The van der Waals surface area contributed by atoms with Gasteiger partial charge in [-0.2, -0.15) is 0 Å². The van der Waals surface area contributed by atoms with Crippen LogP contribution in [0, 0.1) is 5.41 Å². The zero-order valence-corrected chi connectivity index (χ0v) is 21.1. The van der Waals surface area contributed by atoms with Crippen LogP contribution in [0.3, 0.4) is 0 Å². The molecule has 4 rings (SSSR count). The second-order valence-electron chi connectivity index (χ2n) is 9.91. The van der Waals surface area contributed by atoms with E-state index >= 15 is 0 Å². The Kier molecular flexibility index (Phi) is 7.01. The average molecular weight is 476 g/mol. The van der Waals surface area contributed by atoms with Crippen LogP contribution in [0.2, 0.25) is 0 Å². The van der Waals surface area contributed by atoms with Crippen molar-refractivity contribution in [2.45, 2.75) is 46.0 Å². The van der Waals surface area contributed by atoms with E-state index in [1.54, 1.807) is 20.3 Å². The van der Waals surface area contributed by atoms with Crippen molar-refractivity contribution in [3.8, 4) is 11.5 Å². The fourth-order valence-corrected chi connectivity index (χ4v) is 5.06. The largest absolute Gasteiger partial charge is 0.497 e. The minimum atomic E-state index is -0.583. The number of benzene rings is 2. The number of carbonyl (C=O) groups excluding carboxylic acids is 2. The van der Waals surface area contributed by atoms with Crippen LogP contribution in [0.15, 0.2) is 71.1 Å². The molecule has 2 aromatic carbocycles. The van der Waals surface area contributed by atoms with Gasteiger partial charge in [0.25, 0.3) is 0 Å². The summed E-state index contributed by atoms with van der Waals surface area (Å²) in [5.74, 6) is 0.215. The summed E-state index contributed by atoms with van der Waals surface area (Å²) in [4.78, 5) is 27.0. The summed E-state index contributed by atoms with van der Waals surface area (Å²) >= 11 is 0. The normalized spacial score (nSPS) is 19.1. The number of ether oxygens (including phenoxy) is 3. The Labute approximate surface area is 207 Å². The van der Waals surface area contributed by atoms with E-state index in [1.165, 1.54) is 0 Å². The predicted octanol–water partition coefficient (Wildman–Crippen LogP) is 5.09. The summed E-state index contributed by atoms with van der Waals surface area (Å²) in [5.41, 5.74) is 4.29. The fourth-order valence-electron chi connectivity index (χ4n) is 5.06. The lowest BCUT2D eigenvalue weighted by Gasteiger charge is -2.39. The number of rotatable bonds is 7. The van der Waals surface area contributed by atoms with Crippen molar-refractivity contribution in [3.05, 3.63) is 82.2 Å². The fraction of sp³-hybridized carbons (Fsp3) is 0.379. The van der Waals surface area contributed by atoms with Gasteiger partial charge in [-0.1, -0.05) is 50.2 Å². The first-order valence-corrected chi connectivity index (χ1v) is 11.9. The van der Waals surface area contributed by atoms with Crippen molar-refractivity contribution < 1.29 is 23.8 Å². The van der Waals surface area contributed by atoms with Crippen molar-refractivity contribution in [1.29, 1.82) is 0 Å². The first-order valence-electron chi connectivity index (χ1n) is 11.9. The lowest BCUT2D eigenvalue weighted by molar-refractivity contribution is -0.139. The first-order chi connectivity index (χ1) is 16.7. The van der Waals surface area contributed by atoms with E-state index in [9.17, 15) is 9.59 Å². The number of dihydropyridines is 1. The smallest absolute Gasteiger partial charge is 0.336 e. The molecule has 2 aromatic rings. The molecule has 0 spiro atoms. The zero-order valence-electron chi connectivity index (χ0n) is 21.1. The van der Waals surface area contributed by atoms with E-state index in [2.05, 4.69) is 19.2 Å². The van der Waals surface area contributed by atoms with Crippen molar-refractivity contribution >= 4 is 11.8 Å². The summed E-state index contributed by atoms with van der Waals surface area (Å²) in [6, 6.07) is 15.4. The van der Waals surface area contributed by atoms with E-state index in [1.807, 2.05) is 49.4 Å². The molecular formula is C29H33NO5. The third kappa shape index (κ3) is 5.11. The van der Waals surface area contributed by atoms with Gasteiger partial charge < -0.3 is 19.5 Å². The van der Waals surface area contributed by atoms with Crippen LogP contribution in [0.5, 0.6) is 11.5 Å². The number of nitrogens with one attached hydrogen (secondary N) is 1. The van der Waals surface area contributed by atoms with Crippen molar-refractivity contribution in [3.63, 3.8) is 0 Å². The highest BCUT2D eigenvalue weighted by molar-refractivity contribution is 6.04. The number of ketones is 1. The van der Waals surface area contributed by atoms with Crippen LogP contribution in [-0.4, -0.2) is 32.6 Å². The van der Waals surface area contributed by atoms with Gasteiger partial charge in [0, 0.05) is 41.4 Å². The molecule has 0 saturated heterocycles. The van der Waals surface area contributed by atoms with Gasteiger partial charge in [-0.05, 0) is 30.4 Å². The minimum absolute atomic E-state index is 0.0358. The van der Waals surface area contributed by atoms with Crippen LogP contribution in [0.1, 0.15) is 50.7 Å². The molecule has 1 heterocycles. The molecular weight excluding hydrogens is 442 g/mol. The molecule has 0 fully saturated rings. The SMILES string of the molecule is COc1ccc([C@H]2C(C(=O)OCCc3ccccc3)=C(C)NC3=C2C(=O)CC(C)(C)C3)c(OC)c1. The molecule has 1 atom stereocenters. The summed E-state index contributed by atoms with van der Waals surface area (Å²) in [6.45, 7) is 6.29. The Morgan fingerprint density at radius 2 is 1.80 bits per heavy atom. The maximum absolute atomic E-state index is 13.5. The number of allylic oxidation sites excluding steroid dienone is 3. The molecule has 0 saturated carbocycles. The average Bonchev–Trinajstić information content (AvgIpc) is 2.82.